The van der Waals surface area contributed by atoms with Crippen molar-refractivity contribution in [2.45, 2.75) is 0 Å². The number of carbonyl (C=O) groups excluding carboxylic acids is 1. The number of phenolic OH excluding ortho intramolecular Hbond substituents is 2. The van der Waals surface area contributed by atoms with E-state index in [0.29, 0.717) is 11.3 Å². The predicted octanol–water partition coefficient (Wildman–Crippen LogP) is 3.30. The summed E-state index contributed by atoms with van der Waals surface area (Å²) in [5.41, 5.74) is 0.850. The summed E-state index contributed by atoms with van der Waals surface area (Å²) in [5, 5.41) is 30.3. The first-order valence-corrected chi connectivity index (χ1v) is 6.58. The zero-order valence-electron chi connectivity index (χ0n) is 11.2. The van der Waals surface area contributed by atoms with Gasteiger partial charge >= 0.3 is 0 Å². The third-order valence-electron chi connectivity index (χ3n) is 2.77. The minimum Gasteiger partial charge on any atom is -0.508 e. The third kappa shape index (κ3) is 3.78. The number of nitriles is 1. The minimum atomic E-state index is -0.586. The van der Waals surface area contributed by atoms with Crippen LogP contribution in [-0.2, 0) is 4.79 Å². The van der Waals surface area contributed by atoms with Crippen LogP contribution in [0.25, 0.3) is 6.08 Å². The van der Waals surface area contributed by atoms with Crippen LogP contribution >= 0.6 is 11.6 Å². The zero-order valence-corrected chi connectivity index (χ0v) is 12.0. The number of phenols is 2. The Morgan fingerprint density at radius 1 is 1.18 bits per heavy atom. The molecule has 0 aliphatic heterocycles. The molecular formula is C16H11ClN2O3. The van der Waals surface area contributed by atoms with Crippen molar-refractivity contribution in [3.05, 3.63) is 58.6 Å². The number of aromatic hydroxyl groups is 2. The van der Waals surface area contributed by atoms with Crippen LogP contribution in [0.1, 0.15) is 5.56 Å². The molecule has 0 spiro atoms. The van der Waals surface area contributed by atoms with Gasteiger partial charge in [-0.15, -0.1) is 0 Å². The van der Waals surface area contributed by atoms with E-state index < -0.39 is 5.91 Å². The van der Waals surface area contributed by atoms with Crippen molar-refractivity contribution in [2.75, 3.05) is 5.32 Å². The summed E-state index contributed by atoms with van der Waals surface area (Å²) in [5.74, 6) is -0.587. The summed E-state index contributed by atoms with van der Waals surface area (Å²) in [7, 11) is 0. The molecule has 0 atom stereocenters. The second kappa shape index (κ2) is 6.66. The monoisotopic (exact) mass is 314 g/mol. The van der Waals surface area contributed by atoms with E-state index in [2.05, 4.69) is 5.32 Å². The van der Waals surface area contributed by atoms with Crippen LogP contribution in [0.4, 0.5) is 5.69 Å². The molecule has 0 aromatic heterocycles. The number of nitrogens with zero attached hydrogens (tertiary/aromatic N) is 1. The maximum atomic E-state index is 12.0. The maximum Gasteiger partial charge on any atom is 0.266 e. The van der Waals surface area contributed by atoms with Crippen molar-refractivity contribution in [1.82, 2.24) is 0 Å². The van der Waals surface area contributed by atoms with Gasteiger partial charge in [0.15, 0.2) is 0 Å². The molecule has 1 amide bonds. The number of halogens is 1. The normalized spacial score (nSPS) is 10.8. The van der Waals surface area contributed by atoms with Crippen LogP contribution in [-0.4, -0.2) is 16.1 Å². The Hall–Kier alpha value is -2.97. The van der Waals surface area contributed by atoms with Gasteiger partial charge in [-0.2, -0.15) is 5.26 Å². The SMILES string of the molecule is N#C/C(=C\c1ccc(O)c(Cl)c1)C(=O)Nc1ccc(O)cc1. The molecule has 2 aromatic carbocycles. The Labute approximate surface area is 131 Å². The number of hydrogen-bond acceptors (Lipinski definition) is 4. The van der Waals surface area contributed by atoms with Crippen LogP contribution in [0.5, 0.6) is 11.5 Å². The van der Waals surface area contributed by atoms with Gasteiger partial charge in [-0.05, 0) is 48.0 Å². The third-order valence-corrected chi connectivity index (χ3v) is 3.08. The second-order valence-corrected chi connectivity index (χ2v) is 4.79. The summed E-state index contributed by atoms with van der Waals surface area (Å²) in [6.45, 7) is 0. The lowest BCUT2D eigenvalue weighted by Gasteiger charge is -2.04. The van der Waals surface area contributed by atoms with E-state index in [-0.39, 0.29) is 22.1 Å². The van der Waals surface area contributed by atoms with E-state index in [0.717, 1.165) is 0 Å². The summed E-state index contributed by atoms with van der Waals surface area (Å²) in [6.07, 6.45) is 1.36. The zero-order chi connectivity index (χ0) is 16.1. The van der Waals surface area contributed by atoms with Crippen molar-refractivity contribution in [3.63, 3.8) is 0 Å². The Bertz CT molecular complexity index is 777. The lowest BCUT2D eigenvalue weighted by atomic mass is 10.1. The lowest BCUT2D eigenvalue weighted by molar-refractivity contribution is -0.112. The smallest absolute Gasteiger partial charge is 0.266 e. The number of benzene rings is 2. The number of amides is 1. The van der Waals surface area contributed by atoms with Gasteiger partial charge in [-0.1, -0.05) is 17.7 Å². The number of rotatable bonds is 3. The summed E-state index contributed by atoms with van der Waals surface area (Å²) < 4.78 is 0. The lowest BCUT2D eigenvalue weighted by Crippen LogP contribution is -2.13. The van der Waals surface area contributed by atoms with Gasteiger partial charge in [0.05, 0.1) is 5.02 Å². The molecule has 2 rings (SSSR count). The van der Waals surface area contributed by atoms with Crippen LogP contribution < -0.4 is 5.32 Å². The molecule has 3 N–H and O–H groups in total. The van der Waals surface area contributed by atoms with Gasteiger partial charge < -0.3 is 15.5 Å². The van der Waals surface area contributed by atoms with Crippen LogP contribution in [0.2, 0.25) is 5.02 Å². The topological polar surface area (TPSA) is 93.3 Å². The molecule has 22 heavy (non-hydrogen) atoms. The first kappa shape index (κ1) is 15.4. The van der Waals surface area contributed by atoms with Gasteiger partial charge in [-0.3, -0.25) is 4.79 Å². The Morgan fingerprint density at radius 3 is 2.45 bits per heavy atom. The highest BCUT2D eigenvalue weighted by Gasteiger charge is 2.10. The Balaban J connectivity index is 2.21. The molecule has 5 nitrogen and oxygen atoms in total. The fourth-order valence-corrected chi connectivity index (χ4v) is 1.86. The Morgan fingerprint density at radius 2 is 1.86 bits per heavy atom. The summed E-state index contributed by atoms with van der Waals surface area (Å²) >= 11 is 5.78. The minimum absolute atomic E-state index is 0.0767. The highest BCUT2D eigenvalue weighted by molar-refractivity contribution is 6.32. The van der Waals surface area contributed by atoms with Gasteiger partial charge in [-0.25, -0.2) is 0 Å². The van der Waals surface area contributed by atoms with E-state index in [1.54, 1.807) is 0 Å². The molecule has 110 valence electrons. The molecule has 0 unspecified atom stereocenters. The highest BCUT2D eigenvalue weighted by Crippen LogP contribution is 2.25. The van der Waals surface area contributed by atoms with Gasteiger partial charge in [0.25, 0.3) is 5.91 Å². The molecule has 0 heterocycles. The van der Waals surface area contributed by atoms with E-state index in [1.807, 2.05) is 6.07 Å². The van der Waals surface area contributed by atoms with Crippen molar-refractivity contribution in [2.24, 2.45) is 0 Å². The van der Waals surface area contributed by atoms with E-state index in [1.165, 1.54) is 48.5 Å². The Kier molecular flexibility index (Phi) is 4.66. The largest absolute Gasteiger partial charge is 0.508 e. The molecule has 0 bridgehead atoms. The van der Waals surface area contributed by atoms with Gasteiger partial charge in [0.1, 0.15) is 23.1 Å². The van der Waals surface area contributed by atoms with Crippen LogP contribution in [0.15, 0.2) is 48.0 Å². The molecule has 0 radical (unpaired) electrons. The number of carbonyl (C=O) groups is 1. The number of anilines is 1. The van der Waals surface area contributed by atoms with E-state index in [9.17, 15) is 15.0 Å². The molecule has 0 saturated heterocycles. The van der Waals surface area contributed by atoms with Crippen LogP contribution in [0, 0.1) is 11.3 Å². The number of hydrogen-bond donors (Lipinski definition) is 3. The van der Waals surface area contributed by atoms with Crippen LogP contribution in [0.3, 0.4) is 0 Å². The predicted molar refractivity (Wildman–Crippen MR) is 83.4 cm³/mol. The molecular weight excluding hydrogens is 304 g/mol. The van der Waals surface area contributed by atoms with Crippen molar-refractivity contribution in [1.29, 1.82) is 5.26 Å². The van der Waals surface area contributed by atoms with Crippen molar-refractivity contribution >= 4 is 29.3 Å². The molecule has 0 fully saturated rings. The highest BCUT2D eigenvalue weighted by atomic mass is 35.5. The maximum absolute atomic E-state index is 12.0. The van der Waals surface area contributed by atoms with E-state index >= 15 is 0 Å². The fourth-order valence-electron chi connectivity index (χ4n) is 1.67. The van der Waals surface area contributed by atoms with Gasteiger partial charge in [0.2, 0.25) is 0 Å². The summed E-state index contributed by atoms with van der Waals surface area (Å²) in [4.78, 5) is 12.0. The average molecular weight is 315 g/mol. The van der Waals surface area contributed by atoms with Gasteiger partial charge in [0, 0.05) is 5.69 Å². The first-order valence-electron chi connectivity index (χ1n) is 6.20. The average Bonchev–Trinajstić information content (AvgIpc) is 2.50. The molecule has 0 aliphatic rings. The second-order valence-electron chi connectivity index (χ2n) is 4.38. The first-order chi connectivity index (χ1) is 10.5. The molecule has 0 saturated carbocycles. The summed E-state index contributed by atoms with van der Waals surface area (Å²) in [6, 6.07) is 12.0. The molecule has 0 aliphatic carbocycles. The molecule has 6 heteroatoms. The number of nitrogens with one attached hydrogen (secondary N) is 1. The standard InChI is InChI=1S/C16H11ClN2O3/c17-14-8-10(1-6-15(14)21)7-11(9-18)16(22)19-12-2-4-13(20)5-3-12/h1-8,20-21H,(H,19,22)/b11-7+. The quantitative estimate of drug-likeness (QED) is 0.460. The molecule has 2 aromatic rings. The van der Waals surface area contributed by atoms with E-state index in [4.69, 9.17) is 16.9 Å². The fraction of sp³-hybridized carbons (Fsp3) is 0. The van der Waals surface area contributed by atoms with Crippen molar-refractivity contribution < 1.29 is 15.0 Å². The van der Waals surface area contributed by atoms with Crippen molar-refractivity contribution in [3.8, 4) is 17.6 Å².